The van der Waals surface area contributed by atoms with E-state index in [-0.39, 0.29) is 6.42 Å². The summed E-state index contributed by atoms with van der Waals surface area (Å²) in [5.74, 6) is -1.89. The van der Waals surface area contributed by atoms with E-state index in [4.69, 9.17) is 4.74 Å². The van der Waals surface area contributed by atoms with Crippen molar-refractivity contribution in [2.45, 2.75) is 32.1 Å². The number of ketones is 1. The molecule has 3 aromatic rings. The van der Waals surface area contributed by atoms with Gasteiger partial charge in [0.25, 0.3) is 0 Å². The zero-order valence-electron chi connectivity index (χ0n) is 14.7. The highest BCUT2D eigenvalue weighted by atomic mass is 32.1. The van der Waals surface area contributed by atoms with Gasteiger partial charge in [0.05, 0.1) is 21.3 Å². The minimum absolute atomic E-state index is 0.205. The molecule has 2 aromatic heterocycles. The van der Waals surface area contributed by atoms with Crippen molar-refractivity contribution in [3.8, 4) is 6.07 Å². The number of benzene rings is 1. The van der Waals surface area contributed by atoms with Crippen molar-refractivity contribution < 1.29 is 14.3 Å². The van der Waals surface area contributed by atoms with Gasteiger partial charge < -0.3 is 4.74 Å². The second-order valence-corrected chi connectivity index (χ2v) is 7.95. The number of thiazole rings is 2. The van der Waals surface area contributed by atoms with E-state index in [0.29, 0.717) is 17.8 Å². The zero-order valence-corrected chi connectivity index (χ0v) is 16.3. The summed E-state index contributed by atoms with van der Waals surface area (Å²) in [6.07, 6.45) is 1.48. The van der Waals surface area contributed by atoms with Gasteiger partial charge in [-0.25, -0.2) is 9.97 Å². The van der Waals surface area contributed by atoms with Crippen LogP contribution in [0.1, 0.15) is 34.5 Å². The monoisotopic (exact) mass is 399 g/mol. The fourth-order valence-electron chi connectivity index (χ4n) is 2.49. The number of hydrogen-bond acceptors (Lipinski definition) is 8. The first-order chi connectivity index (χ1) is 13.1. The smallest absolute Gasteiger partial charge is 0.306 e. The normalized spacial score (nSPS) is 11.9. The molecule has 1 unspecified atom stereocenters. The number of rotatable bonds is 8. The molecule has 0 aliphatic carbocycles. The maximum atomic E-state index is 12.1. The first kappa shape index (κ1) is 19.1. The van der Waals surface area contributed by atoms with Gasteiger partial charge >= 0.3 is 5.97 Å². The van der Waals surface area contributed by atoms with Crippen molar-refractivity contribution in [2.24, 2.45) is 0 Å². The van der Waals surface area contributed by atoms with Crippen LogP contribution >= 0.6 is 22.7 Å². The topological polar surface area (TPSA) is 92.9 Å². The molecule has 1 aromatic carbocycles. The summed E-state index contributed by atoms with van der Waals surface area (Å²) in [6, 6.07) is 9.83. The quantitative estimate of drug-likeness (QED) is 0.535. The van der Waals surface area contributed by atoms with Crippen LogP contribution in [0.4, 0.5) is 0 Å². The Morgan fingerprint density at radius 2 is 2.11 bits per heavy atom. The lowest BCUT2D eigenvalue weighted by atomic mass is 10.1. The molecule has 0 bridgehead atoms. The average molecular weight is 399 g/mol. The first-order valence-electron chi connectivity index (χ1n) is 8.41. The molecule has 0 spiro atoms. The average Bonchev–Trinajstić information content (AvgIpc) is 3.26. The van der Waals surface area contributed by atoms with Gasteiger partial charge in [0, 0.05) is 17.5 Å². The van der Waals surface area contributed by atoms with Crippen molar-refractivity contribution >= 4 is 44.6 Å². The number of fused-ring (bicyclic) bond motifs is 1. The van der Waals surface area contributed by atoms with E-state index in [9.17, 15) is 14.9 Å². The van der Waals surface area contributed by atoms with Gasteiger partial charge in [-0.15, -0.1) is 22.7 Å². The highest BCUT2D eigenvalue weighted by Crippen LogP contribution is 2.23. The summed E-state index contributed by atoms with van der Waals surface area (Å²) in [5.41, 5.74) is 1.72. The van der Waals surface area contributed by atoms with Crippen molar-refractivity contribution in [1.29, 1.82) is 5.26 Å². The van der Waals surface area contributed by atoms with Crippen LogP contribution in [0.5, 0.6) is 0 Å². The second kappa shape index (κ2) is 8.84. The molecule has 0 fully saturated rings. The summed E-state index contributed by atoms with van der Waals surface area (Å²) in [6.45, 7) is 1.39. The number of Topliss-reactive ketones (excluding diaryl/α,β-unsaturated/α-hetero) is 1. The number of aromatic nitrogens is 2. The molecule has 27 heavy (non-hydrogen) atoms. The maximum absolute atomic E-state index is 12.1. The van der Waals surface area contributed by atoms with E-state index in [2.05, 4.69) is 9.97 Å². The summed E-state index contributed by atoms with van der Waals surface area (Å²) >= 11 is 2.87. The highest BCUT2D eigenvalue weighted by molar-refractivity contribution is 7.18. The maximum Gasteiger partial charge on any atom is 0.306 e. The lowest BCUT2D eigenvalue weighted by molar-refractivity contribution is -0.148. The molecule has 1 atom stereocenters. The molecule has 8 heteroatoms. The molecular formula is C19H17N3O3S2. The molecule has 0 saturated heterocycles. The Morgan fingerprint density at radius 3 is 2.81 bits per heavy atom. The van der Waals surface area contributed by atoms with Crippen molar-refractivity contribution in [3.05, 3.63) is 45.4 Å². The standard InChI is InChI=1S/C19H17N3O3S2/c1-12-11-26-19(21-12)13(9-20)15(23)10-25-18(24)8-4-7-17-22-14-5-2-3-6-16(14)27-17/h2-3,5-6,11,13H,4,7-8,10H2,1H3. The Kier molecular flexibility index (Phi) is 6.27. The Morgan fingerprint density at radius 1 is 1.30 bits per heavy atom. The lowest BCUT2D eigenvalue weighted by Gasteiger charge is -2.06. The van der Waals surface area contributed by atoms with Crippen LogP contribution < -0.4 is 0 Å². The van der Waals surface area contributed by atoms with Crippen molar-refractivity contribution in [1.82, 2.24) is 9.97 Å². The first-order valence-corrected chi connectivity index (χ1v) is 10.1. The van der Waals surface area contributed by atoms with Crippen LogP contribution in [0, 0.1) is 18.3 Å². The van der Waals surface area contributed by atoms with E-state index >= 15 is 0 Å². The third-order valence-corrected chi connectivity index (χ3v) is 5.94. The van der Waals surface area contributed by atoms with Gasteiger partial charge in [0.15, 0.2) is 18.3 Å². The number of nitrogens with zero attached hydrogens (tertiary/aromatic N) is 3. The predicted octanol–water partition coefficient (Wildman–Crippen LogP) is 3.80. The van der Waals surface area contributed by atoms with Crippen LogP contribution in [-0.2, 0) is 20.7 Å². The number of hydrogen-bond donors (Lipinski definition) is 0. The number of esters is 1. The zero-order chi connectivity index (χ0) is 19.2. The van der Waals surface area contributed by atoms with Gasteiger partial charge in [-0.05, 0) is 31.9 Å². The summed E-state index contributed by atoms with van der Waals surface area (Å²) in [5, 5.41) is 12.4. The van der Waals surface area contributed by atoms with Gasteiger partial charge in [-0.1, -0.05) is 12.1 Å². The molecule has 0 amide bonds. The molecule has 0 aliphatic heterocycles. The number of aryl methyl sites for hydroxylation is 2. The minimum Gasteiger partial charge on any atom is -0.458 e. The molecular weight excluding hydrogens is 382 g/mol. The third-order valence-electron chi connectivity index (χ3n) is 3.82. The van der Waals surface area contributed by atoms with Crippen LogP contribution in [0.2, 0.25) is 0 Å². The minimum atomic E-state index is -0.987. The number of para-hydroxylation sites is 1. The third kappa shape index (κ3) is 4.96. The molecule has 0 aliphatic rings. The van der Waals surface area contributed by atoms with Crippen LogP contribution in [0.3, 0.4) is 0 Å². The Labute approximate surface area is 164 Å². The number of ether oxygens (including phenoxy) is 1. The van der Waals surface area contributed by atoms with Gasteiger partial charge in [-0.2, -0.15) is 5.26 Å². The lowest BCUT2D eigenvalue weighted by Crippen LogP contribution is -2.19. The molecule has 2 heterocycles. The Bertz CT molecular complexity index is 970. The van der Waals surface area contributed by atoms with Crippen molar-refractivity contribution in [2.75, 3.05) is 6.61 Å². The van der Waals surface area contributed by atoms with E-state index in [1.54, 1.807) is 23.6 Å². The van der Waals surface area contributed by atoms with E-state index in [1.165, 1.54) is 11.3 Å². The van der Waals surface area contributed by atoms with Gasteiger partial charge in [-0.3, -0.25) is 9.59 Å². The Hall–Kier alpha value is -2.63. The van der Waals surface area contributed by atoms with Crippen LogP contribution in [-0.4, -0.2) is 28.3 Å². The van der Waals surface area contributed by atoms with Crippen molar-refractivity contribution in [3.63, 3.8) is 0 Å². The van der Waals surface area contributed by atoms with Gasteiger partial charge in [0.2, 0.25) is 0 Å². The summed E-state index contributed by atoms with van der Waals surface area (Å²) in [7, 11) is 0. The van der Waals surface area contributed by atoms with Crippen LogP contribution in [0.25, 0.3) is 10.2 Å². The second-order valence-electron chi connectivity index (χ2n) is 5.95. The van der Waals surface area contributed by atoms with E-state index < -0.39 is 24.3 Å². The molecule has 0 N–H and O–H groups in total. The molecule has 3 rings (SSSR count). The van der Waals surface area contributed by atoms with Gasteiger partial charge in [0.1, 0.15) is 5.01 Å². The number of carbonyl (C=O) groups excluding carboxylic acids is 2. The van der Waals surface area contributed by atoms with E-state index in [0.717, 1.165) is 20.9 Å². The molecule has 138 valence electrons. The largest absolute Gasteiger partial charge is 0.458 e. The fraction of sp³-hybridized carbons (Fsp3) is 0.316. The summed E-state index contributed by atoms with van der Waals surface area (Å²) in [4.78, 5) is 32.7. The summed E-state index contributed by atoms with van der Waals surface area (Å²) < 4.78 is 6.16. The molecule has 0 radical (unpaired) electrons. The Balaban J connectivity index is 1.43. The van der Waals surface area contributed by atoms with E-state index in [1.807, 2.05) is 30.3 Å². The highest BCUT2D eigenvalue weighted by Gasteiger charge is 2.24. The van der Waals surface area contributed by atoms with Crippen LogP contribution in [0.15, 0.2) is 29.6 Å². The SMILES string of the molecule is Cc1csc(C(C#N)C(=O)COC(=O)CCCc2nc3ccccc3s2)n1. The number of nitriles is 1. The molecule has 6 nitrogen and oxygen atoms in total. The fourth-order valence-corrected chi connectivity index (χ4v) is 4.36. The number of carbonyl (C=O) groups is 2. The predicted molar refractivity (Wildman–Crippen MR) is 104 cm³/mol. The molecule has 0 saturated carbocycles.